The van der Waals surface area contributed by atoms with Gasteiger partial charge in [0.1, 0.15) is 18.1 Å². The van der Waals surface area contributed by atoms with Gasteiger partial charge in [-0.15, -0.1) is 0 Å². The number of furan rings is 1. The summed E-state index contributed by atoms with van der Waals surface area (Å²) >= 11 is 0. The Hall–Kier alpha value is -1.65. The Labute approximate surface area is 107 Å². The zero-order valence-corrected chi connectivity index (χ0v) is 10.7. The standard InChI is InChI=1S/C14H18N2O2/c1-11(12-5-7-15-8-6-12)16(2)9-13-3-4-14(10-17)18-13/h3-8,11,17H,9-10H2,1-2H3/t11-/m1/s1. The molecule has 0 radical (unpaired) electrons. The van der Waals surface area contributed by atoms with Crippen molar-refractivity contribution in [1.29, 1.82) is 0 Å². The first kappa shape index (κ1) is 12.8. The maximum Gasteiger partial charge on any atom is 0.129 e. The van der Waals surface area contributed by atoms with Gasteiger partial charge in [0.15, 0.2) is 0 Å². The molecule has 2 aromatic rings. The zero-order chi connectivity index (χ0) is 13.0. The highest BCUT2D eigenvalue weighted by atomic mass is 16.4. The molecule has 4 nitrogen and oxygen atoms in total. The first-order valence-corrected chi connectivity index (χ1v) is 5.99. The maximum absolute atomic E-state index is 8.96. The molecule has 0 saturated heterocycles. The van der Waals surface area contributed by atoms with Gasteiger partial charge in [-0.05, 0) is 43.8 Å². The van der Waals surface area contributed by atoms with E-state index < -0.39 is 0 Å². The lowest BCUT2D eigenvalue weighted by atomic mass is 10.1. The van der Waals surface area contributed by atoms with Gasteiger partial charge in [0, 0.05) is 18.4 Å². The Kier molecular flexibility index (Phi) is 4.12. The summed E-state index contributed by atoms with van der Waals surface area (Å²) in [5.41, 5.74) is 1.22. The summed E-state index contributed by atoms with van der Waals surface area (Å²) in [6.07, 6.45) is 3.60. The summed E-state index contributed by atoms with van der Waals surface area (Å²) in [4.78, 5) is 6.21. The Bertz CT molecular complexity index is 482. The lowest BCUT2D eigenvalue weighted by Crippen LogP contribution is -2.21. The van der Waals surface area contributed by atoms with E-state index in [1.807, 2.05) is 25.2 Å². The van der Waals surface area contributed by atoms with Crippen molar-refractivity contribution in [2.45, 2.75) is 26.1 Å². The third-order valence-corrected chi connectivity index (χ3v) is 3.13. The average molecular weight is 246 g/mol. The molecule has 0 aliphatic carbocycles. The van der Waals surface area contributed by atoms with E-state index in [-0.39, 0.29) is 12.6 Å². The summed E-state index contributed by atoms with van der Waals surface area (Å²) in [5, 5.41) is 8.96. The van der Waals surface area contributed by atoms with Gasteiger partial charge in [-0.1, -0.05) is 0 Å². The SMILES string of the molecule is C[C@H](c1ccncc1)N(C)Cc1ccc(CO)o1. The number of nitrogens with zero attached hydrogens (tertiary/aromatic N) is 2. The highest BCUT2D eigenvalue weighted by molar-refractivity contribution is 5.14. The second-order valence-corrected chi connectivity index (χ2v) is 4.40. The molecule has 96 valence electrons. The largest absolute Gasteiger partial charge is 0.462 e. The molecule has 2 rings (SSSR count). The molecular weight excluding hydrogens is 228 g/mol. The Balaban J connectivity index is 2.01. The quantitative estimate of drug-likeness (QED) is 0.880. The predicted molar refractivity (Wildman–Crippen MR) is 68.7 cm³/mol. The number of rotatable bonds is 5. The highest BCUT2D eigenvalue weighted by Crippen LogP contribution is 2.20. The van der Waals surface area contributed by atoms with Crippen molar-refractivity contribution in [2.24, 2.45) is 0 Å². The van der Waals surface area contributed by atoms with Crippen LogP contribution in [0.15, 0.2) is 41.1 Å². The number of aliphatic hydroxyl groups excluding tert-OH is 1. The molecule has 0 aromatic carbocycles. The van der Waals surface area contributed by atoms with E-state index in [0.717, 1.165) is 5.76 Å². The highest BCUT2D eigenvalue weighted by Gasteiger charge is 2.13. The molecule has 18 heavy (non-hydrogen) atoms. The summed E-state index contributed by atoms with van der Waals surface area (Å²) < 4.78 is 5.49. The van der Waals surface area contributed by atoms with E-state index in [9.17, 15) is 0 Å². The van der Waals surface area contributed by atoms with Gasteiger partial charge in [0.05, 0.1) is 6.54 Å². The van der Waals surface area contributed by atoms with E-state index >= 15 is 0 Å². The van der Waals surface area contributed by atoms with E-state index in [2.05, 4.69) is 16.8 Å². The molecule has 0 saturated carbocycles. The topological polar surface area (TPSA) is 49.5 Å². The van der Waals surface area contributed by atoms with Gasteiger partial charge in [-0.2, -0.15) is 0 Å². The monoisotopic (exact) mass is 246 g/mol. The lowest BCUT2D eigenvalue weighted by molar-refractivity contribution is 0.212. The summed E-state index contributed by atoms with van der Waals surface area (Å²) in [7, 11) is 2.05. The van der Waals surface area contributed by atoms with Crippen LogP contribution >= 0.6 is 0 Å². The average Bonchev–Trinajstić information content (AvgIpc) is 2.86. The molecule has 0 spiro atoms. The molecule has 0 aliphatic heterocycles. The van der Waals surface area contributed by atoms with Crippen molar-refractivity contribution in [3.63, 3.8) is 0 Å². The molecular formula is C14H18N2O2. The van der Waals surface area contributed by atoms with Crippen LogP contribution in [0.25, 0.3) is 0 Å². The van der Waals surface area contributed by atoms with Crippen LogP contribution in [0.4, 0.5) is 0 Å². The van der Waals surface area contributed by atoms with Crippen LogP contribution in [0, 0.1) is 0 Å². The molecule has 4 heteroatoms. The number of aliphatic hydroxyl groups is 1. The van der Waals surface area contributed by atoms with Crippen molar-refractivity contribution >= 4 is 0 Å². The number of hydrogen-bond acceptors (Lipinski definition) is 4. The number of hydrogen-bond donors (Lipinski definition) is 1. The van der Waals surface area contributed by atoms with Gasteiger partial charge in [0.2, 0.25) is 0 Å². The summed E-state index contributed by atoms with van der Waals surface area (Å²) in [6.45, 7) is 2.80. The first-order valence-electron chi connectivity index (χ1n) is 5.99. The molecule has 2 aromatic heterocycles. The van der Waals surface area contributed by atoms with Crippen LogP contribution in [0.1, 0.15) is 30.0 Å². The van der Waals surface area contributed by atoms with Gasteiger partial charge in [-0.3, -0.25) is 9.88 Å². The molecule has 1 atom stereocenters. The molecule has 0 bridgehead atoms. The molecule has 2 heterocycles. The van der Waals surface area contributed by atoms with Gasteiger partial charge < -0.3 is 9.52 Å². The maximum atomic E-state index is 8.96. The second-order valence-electron chi connectivity index (χ2n) is 4.40. The second kappa shape index (κ2) is 5.80. The number of pyridine rings is 1. The zero-order valence-electron chi connectivity index (χ0n) is 10.7. The minimum Gasteiger partial charge on any atom is -0.462 e. The predicted octanol–water partition coefficient (Wildman–Crippen LogP) is 2.36. The van der Waals surface area contributed by atoms with Crippen molar-refractivity contribution in [3.05, 3.63) is 53.7 Å². The van der Waals surface area contributed by atoms with Crippen LogP contribution in [0.2, 0.25) is 0 Å². The van der Waals surface area contributed by atoms with Crippen LogP contribution in [0.3, 0.4) is 0 Å². The fourth-order valence-corrected chi connectivity index (χ4v) is 1.87. The van der Waals surface area contributed by atoms with Gasteiger partial charge in [0.25, 0.3) is 0 Å². The van der Waals surface area contributed by atoms with Crippen molar-refractivity contribution in [3.8, 4) is 0 Å². The fourth-order valence-electron chi connectivity index (χ4n) is 1.87. The lowest BCUT2D eigenvalue weighted by Gasteiger charge is -2.23. The minimum atomic E-state index is -0.0520. The first-order chi connectivity index (χ1) is 8.70. The van der Waals surface area contributed by atoms with Crippen LogP contribution in [-0.2, 0) is 13.2 Å². The molecule has 0 unspecified atom stereocenters. The van der Waals surface area contributed by atoms with Crippen LogP contribution < -0.4 is 0 Å². The van der Waals surface area contributed by atoms with E-state index in [1.54, 1.807) is 18.5 Å². The molecule has 0 fully saturated rings. The Morgan fingerprint density at radius 1 is 1.22 bits per heavy atom. The van der Waals surface area contributed by atoms with E-state index in [4.69, 9.17) is 9.52 Å². The van der Waals surface area contributed by atoms with Crippen molar-refractivity contribution in [1.82, 2.24) is 9.88 Å². The minimum absolute atomic E-state index is 0.0520. The van der Waals surface area contributed by atoms with Gasteiger partial charge >= 0.3 is 0 Å². The molecule has 0 amide bonds. The van der Waals surface area contributed by atoms with Crippen LogP contribution in [-0.4, -0.2) is 22.0 Å². The number of aromatic nitrogens is 1. The van der Waals surface area contributed by atoms with Crippen molar-refractivity contribution in [2.75, 3.05) is 7.05 Å². The Morgan fingerprint density at radius 2 is 1.89 bits per heavy atom. The van der Waals surface area contributed by atoms with Crippen molar-refractivity contribution < 1.29 is 9.52 Å². The Morgan fingerprint density at radius 3 is 2.50 bits per heavy atom. The summed E-state index contributed by atoms with van der Waals surface area (Å²) in [5.74, 6) is 1.47. The third-order valence-electron chi connectivity index (χ3n) is 3.13. The van der Waals surface area contributed by atoms with E-state index in [0.29, 0.717) is 12.3 Å². The smallest absolute Gasteiger partial charge is 0.129 e. The molecule has 1 N–H and O–H groups in total. The third kappa shape index (κ3) is 2.97. The fraction of sp³-hybridized carbons (Fsp3) is 0.357. The van der Waals surface area contributed by atoms with Crippen LogP contribution in [0.5, 0.6) is 0 Å². The van der Waals surface area contributed by atoms with Gasteiger partial charge in [-0.25, -0.2) is 0 Å². The van der Waals surface area contributed by atoms with E-state index in [1.165, 1.54) is 5.56 Å². The molecule has 0 aliphatic rings. The summed E-state index contributed by atoms with van der Waals surface area (Å²) in [6, 6.07) is 8.03. The normalized spacial score (nSPS) is 12.9.